The van der Waals surface area contributed by atoms with Gasteiger partial charge in [0.1, 0.15) is 17.1 Å². The van der Waals surface area contributed by atoms with Crippen molar-refractivity contribution in [3.8, 4) is 11.4 Å². The van der Waals surface area contributed by atoms with Gasteiger partial charge in [-0.3, -0.25) is 4.79 Å². The molecule has 2 aromatic carbocycles. The van der Waals surface area contributed by atoms with Crippen LogP contribution in [-0.2, 0) is 14.2 Å². The second-order valence-corrected chi connectivity index (χ2v) is 14.7. The highest BCUT2D eigenvalue weighted by Gasteiger charge is 2.28. The third-order valence-corrected chi connectivity index (χ3v) is 9.82. The molecule has 0 bridgehead atoms. The number of nitrogens with zero attached hydrogens (tertiary/aromatic N) is 4. The molecule has 0 saturated carbocycles. The van der Waals surface area contributed by atoms with Gasteiger partial charge in [-0.2, -0.15) is 5.10 Å². The van der Waals surface area contributed by atoms with E-state index in [0.29, 0.717) is 36.9 Å². The van der Waals surface area contributed by atoms with Crippen molar-refractivity contribution >= 4 is 39.5 Å². The van der Waals surface area contributed by atoms with Crippen LogP contribution in [0.4, 0.5) is 10.6 Å². The number of fused-ring (bicyclic) bond motifs is 2. The van der Waals surface area contributed by atoms with Gasteiger partial charge in [-0.05, 0) is 119 Å². The maximum absolute atomic E-state index is 12.8. The number of alkyl carbamates (subject to hydrolysis) is 1. The molecular weight excluding hydrogens is 620 g/mol. The van der Waals surface area contributed by atoms with Crippen LogP contribution < -0.4 is 16.0 Å². The molecule has 11 heteroatoms. The van der Waals surface area contributed by atoms with Gasteiger partial charge in [-0.25, -0.2) is 14.5 Å². The molecule has 11 nitrogen and oxygen atoms in total. The van der Waals surface area contributed by atoms with Crippen LogP contribution in [0.2, 0.25) is 0 Å². The van der Waals surface area contributed by atoms with Crippen molar-refractivity contribution in [2.24, 2.45) is 5.73 Å². The molecule has 3 atom stereocenters. The monoisotopic (exact) mass is 668 g/mol. The Morgan fingerprint density at radius 1 is 0.959 bits per heavy atom. The molecule has 0 aliphatic carbocycles. The van der Waals surface area contributed by atoms with Crippen LogP contribution in [-0.4, -0.2) is 71.3 Å². The first-order valence-electron chi connectivity index (χ1n) is 17.8. The number of hydrogen-bond donors (Lipinski definition) is 2. The number of ether oxygens (including phenoxy) is 3. The third kappa shape index (κ3) is 7.38. The Morgan fingerprint density at radius 2 is 1.82 bits per heavy atom. The highest BCUT2D eigenvalue weighted by Crippen LogP contribution is 2.38. The standard InChI is InChI=1S/C38H48N6O5/c1-38(2,3)49-37(46)40-28-10-4-6-16-43(22-28)36-29-14-12-25(35(39)45)19-27(29)21-31(41-36)34-30-20-24(26-9-8-17-47-23-26)13-15-32(30)44(42-34)33-11-5-7-18-48-33/h12-15,19-21,26,28,33H,4-11,16-18,22-23H2,1-3H3,(H2,39,45)(H,40,46)/t26?,28-,33?/m0/s1. The van der Waals surface area contributed by atoms with E-state index in [9.17, 15) is 9.59 Å². The van der Waals surface area contributed by atoms with E-state index in [1.54, 1.807) is 6.07 Å². The predicted molar refractivity (Wildman–Crippen MR) is 190 cm³/mol. The summed E-state index contributed by atoms with van der Waals surface area (Å²) in [7, 11) is 0. The Kier molecular flexibility index (Phi) is 9.48. The van der Waals surface area contributed by atoms with Crippen molar-refractivity contribution in [3.05, 3.63) is 53.6 Å². The van der Waals surface area contributed by atoms with Gasteiger partial charge in [0.2, 0.25) is 5.91 Å². The van der Waals surface area contributed by atoms with Crippen molar-refractivity contribution in [1.29, 1.82) is 0 Å². The maximum atomic E-state index is 12.8. The van der Waals surface area contributed by atoms with Crippen LogP contribution in [0.5, 0.6) is 0 Å². The minimum atomic E-state index is -0.586. The summed E-state index contributed by atoms with van der Waals surface area (Å²) in [6.07, 6.45) is 7.33. The molecule has 3 N–H and O–H groups in total. The average Bonchev–Trinajstić information content (AvgIpc) is 3.32. The van der Waals surface area contributed by atoms with Gasteiger partial charge in [-0.15, -0.1) is 0 Å². The quantitative estimate of drug-likeness (QED) is 0.229. The minimum absolute atomic E-state index is 0.119. The van der Waals surface area contributed by atoms with E-state index in [1.165, 1.54) is 5.56 Å². The molecule has 3 fully saturated rings. The molecule has 0 radical (unpaired) electrons. The number of carbonyl (C=O) groups is 2. The number of nitrogens with one attached hydrogen (secondary N) is 1. The Labute approximate surface area is 287 Å². The summed E-state index contributed by atoms with van der Waals surface area (Å²) in [4.78, 5) is 32.7. The molecule has 49 heavy (non-hydrogen) atoms. The molecule has 4 aromatic rings. The molecule has 7 rings (SSSR count). The fourth-order valence-corrected chi connectivity index (χ4v) is 7.42. The van der Waals surface area contributed by atoms with Gasteiger partial charge in [0, 0.05) is 54.6 Å². The van der Waals surface area contributed by atoms with Gasteiger partial charge in [-0.1, -0.05) is 6.07 Å². The first-order chi connectivity index (χ1) is 23.6. The lowest BCUT2D eigenvalue weighted by Crippen LogP contribution is -2.45. The number of pyridine rings is 1. The zero-order valence-electron chi connectivity index (χ0n) is 28.9. The van der Waals surface area contributed by atoms with E-state index in [2.05, 4.69) is 28.4 Å². The lowest BCUT2D eigenvalue weighted by molar-refractivity contribution is -0.0365. The molecule has 5 heterocycles. The molecule has 2 unspecified atom stereocenters. The lowest BCUT2D eigenvalue weighted by Gasteiger charge is -2.28. The summed E-state index contributed by atoms with van der Waals surface area (Å²) < 4.78 is 19.7. The van der Waals surface area contributed by atoms with E-state index < -0.39 is 17.6 Å². The van der Waals surface area contributed by atoms with Crippen LogP contribution in [0.1, 0.15) is 100 Å². The second-order valence-electron chi connectivity index (χ2n) is 14.7. The molecule has 2 amide bonds. The number of anilines is 1. The van der Waals surface area contributed by atoms with Gasteiger partial charge < -0.3 is 30.2 Å². The Morgan fingerprint density at radius 3 is 2.57 bits per heavy atom. The number of rotatable bonds is 6. The highest BCUT2D eigenvalue weighted by atomic mass is 16.6. The summed E-state index contributed by atoms with van der Waals surface area (Å²) in [6, 6.07) is 14.1. The Balaban J connectivity index is 1.35. The fourth-order valence-electron chi connectivity index (χ4n) is 7.42. The van der Waals surface area contributed by atoms with E-state index in [4.69, 9.17) is 30.0 Å². The average molecular weight is 669 g/mol. The van der Waals surface area contributed by atoms with Gasteiger partial charge in [0.05, 0.1) is 17.8 Å². The van der Waals surface area contributed by atoms with Crippen LogP contribution in [0.3, 0.4) is 0 Å². The molecule has 3 aliphatic heterocycles. The van der Waals surface area contributed by atoms with Crippen molar-refractivity contribution in [1.82, 2.24) is 20.1 Å². The van der Waals surface area contributed by atoms with Crippen LogP contribution in [0.25, 0.3) is 33.1 Å². The van der Waals surface area contributed by atoms with Crippen LogP contribution >= 0.6 is 0 Å². The van der Waals surface area contributed by atoms with E-state index >= 15 is 0 Å². The number of hydrogen-bond acceptors (Lipinski definition) is 8. The van der Waals surface area contributed by atoms with Crippen LogP contribution in [0, 0.1) is 0 Å². The smallest absolute Gasteiger partial charge is 0.407 e. The molecular formula is C38H48N6O5. The maximum Gasteiger partial charge on any atom is 0.407 e. The Bertz CT molecular complexity index is 1840. The SMILES string of the molecule is CC(C)(C)OC(=O)N[C@H]1CCCCN(c2nc(-c3nn(C4CCCCO4)c4ccc(C5CCCOC5)cc34)cc3cc(C(N)=O)ccc23)C1. The summed E-state index contributed by atoms with van der Waals surface area (Å²) >= 11 is 0. The summed E-state index contributed by atoms with van der Waals surface area (Å²) in [5.74, 6) is 0.627. The van der Waals surface area contributed by atoms with E-state index in [1.807, 2.05) is 43.7 Å². The van der Waals surface area contributed by atoms with Gasteiger partial charge >= 0.3 is 6.09 Å². The summed E-state index contributed by atoms with van der Waals surface area (Å²) in [5.41, 5.74) is 9.32. The second kappa shape index (κ2) is 14.0. The predicted octanol–water partition coefficient (Wildman–Crippen LogP) is 6.83. The number of aromatic nitrogens is 3. The number of nitrogens with two attached hydrogens (primary N) is 1. The topological polar surface area (TPSA) is 134 Å². The van der Waals surface area contributed by atoms with Gasteiger partial charge in [0.25, 0.3) is 0 Å². The first kappa shape index (κ1) is 33.3. The minimum Gasteiger partial charge on any atom is -0.444 e. The fraction of sp³-hybridized carbons (Fsp3) is 0.526. The largest absolute Gasteiger partial charge is 0.444 e. The number of carbonyl (C=O) groups excluding carboxylic acids is 2. The van der Waals surface area contributed by atoms with E-state index in [0.717, 1.165) is 97.7 Å². The molecule has 2 aromatic heterocycles. The van der Waals surface area contributed by atoms with Crippen molar-refractivity contribution in [2.75, 3.05) is 37.8 Å². The zero-order valence-corrected chi connectivity index (χ0v) is 28.9. The highest BCUT2D eigenvalue weighted by molar-refractivity contribution is 6.03. The lowest BCUT2D eigenvalue weighted by atomic mass is 9.92. The molecule has 3 aliphatic rings. The summed E-state index contributed by atoms with van der Waals surface area (Å²) in [6.45, 7) is 9.17. The molecule has 3 saturated heterocycles. The Hall–Kier alpha value is -4.22. The van der Waals surface area contributed by atoms with Gasteiger partial charge in [0.15, 0.2) is 6.23 Å². The van der Waals surface area contributed by atoms with Crippen molar-refractivity contribution < 1.29 is 23.8 Å². The number of benzene rings is 2. The molecule has 260 valence electrons. The normalized spacial score (nSPS) is 22.2. The zero-order chi connectivity index (χ0) is 34.1. The van der Waals surface area contributed by atoms with Crippen LogP contribution in [0.15, 0.2) is 42.5 Å². The summed E-state index contributed by atoms with van der Waals surface area (Å²) in [5, 5.41) is 11.1. The van der Waals surface area contributed by atoms with E-state index in [-0.39, 0.29) is 12.3 Å². The van der Waals surface area contributed by atoms with Crippen molar-refractivity contribution in [2.45, 2.75) is 95.9 Å². The third-order valence-electron chi connectivity index (χ3n) is 9.82. The first-order valence-corrected chi connectivity index (χ1v) is 17.8. The number of amides is 2. The van der Waals surface area contributed by atoms with Crippen molar-refractivity contribution in [3.63, 3.8) is 0 Å². The number of primary amides is 1. The molecule has 0 spiro atoms.